The molecule has 0 aliphatic carbocycles. The summed E-state index contributed by atoms with van der Waals surface area (Å²) in [5.74, 6) is 1.04. The predicted octanol–water partition coefficient (Wildman–Crippen LogP) is 4.41. The smallest absolute Gasteiger partial charge is 0.261 e. The van der Waals surface area contributed by atoms with Gasteiger partial charge in [0.2, 0.25) is 5.91 Å². The van der Waals surface area contributed by atoms with Crippen LogP contribution in [0, 0.1) is 13.8 Å². The third-order valence-electron chi connectivity index (χ3n) is 5.28. The maximum absolute atomic E-state index is 13.2. The van der Waals surface area contributed by atoms with Gasteiger partial charge in [-0.1, -0.05) is 38.5 Å². The number of ether oxygens (including phenoxy) is 2. The molecule has 32 heavy (non-hydrogen) atoms. The molecule has 0 aliphatic heterocycles. The predicted molar refractivity (Wildman–Crippen MR) is 127 cm³/mol. The largest absolute Gasteiger partial charge is 0.497 e. The zero-order valence-corrected chi connectivity index (χ0v) is 19.9. The van der Waals surface area contributed by atoms with Gasteiger partial charge in [-0.2, -0.15) is 0 Å². The van der Waals surface area contributed by atoms with Crippen molar-refractivity contribution in [2.45, 2.75) is 59.5 Å². The highest BCUT2D eigenvalue weighted by molar-refractivity contribution is 5.88. The van der Waals surface area contributed by atoms with Crippen LogP contribution in [0.3, 0.4) is 0 Å². The van der Waals surface area contributed by atoms with Crippen molar-refractivity contribution >= 4 is 11.8 Å². The van der Waals surface area contributed by atoms with Gasteiger partial charge in [-0.15, -0.1) is 0 Å². The summed E-state index contributed by atoms with van der Waals surface area (Å²) >= 11 is 0. The Kier molecular flexibility index (Phi) is 10.1. The standard InChI is InChI=1S/C26H36N2O4/c1-6-8-13-27-26(30)24(7-2)28(17-21-9-11-22(31-5)12-10-21)25(29)18-32-23-15-19(3)14-20(4)16-23/h9-12,14-16,24H,6-8,13,17-18H2,1-5H3,(H,27,30). The van der Waals surface area contributed by atoms with E-state index in [2.05, 4.69) is 18.3 Å². The van der Waals surface area contributed by atoms with Crippen LogP contribution < -0.4 is 14.8 Å². The summed E-state index contributed by atoms with van der Waals surface area (Å²) in [6.07, 6.45) is 2.42. The molecule has 0 saturated carbocycles. The number of hydrogen-bond donors (Lipinski definition) is 1. The quantitative estimate of drug-likeness (QED) is 0.496. The molecular weight excluding hydrogens is 404 g/mol. The van der Waals surface area contributed by atoms with E-state index in [0.29, 0.717) is 25.3 Å². The second kappa shape index (κ2) is 12.7. The minimum absolute atomic E-state index is 0.127. The Bertz CT molecular complexity index is 860. The van der Waals surface area contributed by atoms with Gasteiger partial charge >= 0.3 is 0 Å². The van der Waals surface area contributed by atoms with E-state index < -0.39 is 6.04 Å². The van der Waals surface area contributed by atoms with E-state index >= 15 is 0 Å². The van der Waals surface area contributed by atoms with E-state index in [9.17, 15) is 9.59 Å². The number of carbonyl (C=O) groups is 2. The van der Waals surface area contributed by atoms with Crippen molar-refractivity contribution in [1.29, 1.82) is 0 Å². The molecule has 0 heterocycles. The third-order valence-corrected chi connectivity index (χ3v) is 5.28. The van der Waals surface area contributed by atoms with Crippen molar-refractivity contribution in [1.82, 2.24) is 10.2 Å². The van der Waals surface area contributed by atoms with Gasteiger partial charge in [-0.05, 0) is 67.6 Å². The van der Waals surface area contributed by atoms with Crippen LogP contribution in [0.4, 0.5) is 0 Å². The molecule has 0 aliphatic rings. The summed E-state index contributed by atoms with van der Waals surface area (Å²) in [4.78, 5) is 27.7. The number of nitrogens with one attached hydrogen (secondary N) is 1. The molecular formula is C26H36N2O4. The SMILES string of the molecule is CCCCNC(=O)C(CC)N(Cc1ccc(OC)cc1)C(=O)COc1cc(C)cc(C)c1. The first-order valence-corrected chi connectivity index (χ1v) is 11.3. The summed E-state index contributed by atoms with van der Waals surface area (Å²) in [6.45, 7) is 8.78. The van der Waals surface area contributed by atoms with E-state index in [1.807, 2.05) is 57.2 Å². The van der Waals surface area contributed by atoms with Gasteiger partial charge in [0, 0.05) is 13.1 Å². The second-order valence-corrected chi connectivity index (χ2v) is 8.05. The van der Waals surface area contributed by atoms with Crippen molar-refractivity contribution < 1.29 is 19.1 Å². The lowest BCUT2D eigenvalue weighted by atomic mass is 10.1. The molecule has 1 unspecified atom stereocenters. The normalized spacial score (nSPS) is 11.5. The second-order valence-electron chi connectivity index (χ2n) is 8.05. The Labute approximate surface area is 191 Å². The van der Waals surface area contributed by atoms with Crippen LogP contribution in [0.5, 0.6) is 11.5 Å². The summed E-state index contributed by atoms with van der Waals surface area (Å²) in [6, 6.07) is 12.8. The van der Waals surface area contributed by atoms with E-state index in [1.54, 1.807) is 12.0 Å². The first-order chi connectivity index (χ1) is 15.4. The summed E-state index contributed by atoms with van der Waals surface area (Å²) in [5, 5.41) is 2.97. The van der Waals surface area contributed by atoms with Crippen LogP contribution in [0.1, 0.15) is 49.8 Å². The van der Waals surface area contributed by atoms with E-state index in [-0.39, 0.29) is 18.4 Å². The van der Waals surface area contributed by atoms with Gasteiger partial charge in [0.05, 0.1) is 7.11 Å². The van der Waals surface area contributed by atoms with Gasteiger partial charge < -0.3 is 19.7 Å². The molecule has 6 nitrogen and oxygen atoms in total. The number of carbonyl (C=O) groups excluding carboxylic acids is 2. The van der Waals surface area contributed by atoms with Crippen LogP contribution in [0.2, 0.25) is 0 Å². The minimum atomic E-state index is -0.565. The Morgan fingerprint density at radius 1 is 1.00 bits per heavy atom. The molecule has 0 fully saturated rings. The van der Waals surface area contributed by atoms with Crippen LogP contribution in [-0.4, -0.2) is 43.0 Å². The minimum Gasteiger partial charge on any atom is -0.497 e. The molecule has 2 aromatic rings. The fourth-order valence-corrected chi connectivity index (χ4v) is 3.60. The average molecular weight is 441 g/mol. The van der Waals surface area contributed by atoms with Gasteiger partial charge in [-0.25, -0.2) is 0 Å². The molecule has 174 valence electrons. The lowest BCUT2D eigenvalue weighted by Crippen LogP contribution is -2.50. The molecule has 1 N–H and O–H groups in total. The van der Waals surface area contributed by atoms with Crippen molar-refractivity contribution in [2.75, 3.05) is 20.3 Å². The Morgan fingerprint density at radius 3 is 2.22 bits per heavy atom. The molecule has 0 radical (unpaired) electrons. The van der Waals surface area contributed by atoms with E-state index in [0.717, 1.165) is 35.3 Å². The van der Waals surface area contributed by atoms with Crippen LogP contribution in [-0.2, 0) is 16.1 Å². The summed E-state index contributed by atoms with van der Waals surface area (Å²) in [7, 11) is 1.61. The number of aryl methyl sites for hydroxylation is 2. The zero-order chi connectivity index (χ0) is 23.5. The Morgan fingerprint density at radius 2 is 1.66 bits per heavy atom. The van der Waals surface area contributed by atoms with Crippen LogP contribution >= 0.6 is 0 Å². The molecule has 0 bridgehead atoms. The molecule has 6 heteroatoms. The van der Waals surface area contributed by atoms with Gasteiger partial charge in [0.15, 0.2) is 6.61 Å². The van der Waals surface area contributed by atoms with Crippen molar-refractivity contribution in [2.24, 2.45) is 0 Å². The van der Waals surface area contributed by atoms with Crippen LogP contribution in [0.25, 0.3) is 0 Å². The number of nitrogens with zero attached hydrogens (tertiary/aromatic N) is 1. The van der Waals surface area contributed by atoms with Crippen LogP contribution in [0.15, 0.2) is 42.5 Å². The number of unbranched alkanes of at least 4 members (excludes halogenated alkanes) is 1. The lowest BCUT2D eigenvalue weighted by Gasteiger charge is -2.30. The van der Waals surface area contributed by atoms with Gasteiger partial charge in [0.1, 0.15) is 17.5 Å². The number of rotatable bonds is 12. The Hall–Kier alpha value is -3.02. The molecule has 2 amide bonds. The maximum atomic E-state index is 13.2. The van der Waals surface area contributed by atoms with Crippen molar-refractivity contribution in [3.8, 4) is 11.5 Å². The highest BCUT2D eigenvalue weighted by Gasteiger charge is 2.28. The fourth-order valence-electron chi connectivity index (χ4n) is 3.60. The molecule has 1 atom stereocenters. The molecule has 0 saturated heterocycles. The molecule has 0 aromatic heterocycles. The average Bonchev–Trinajstić information content (AvgIpc) is 2.77. The molecule has 2 rings (SSSR count). The molecule has 0 spiro atoms. The third kappa shape index (κ3) is 7.59. The molecule has 2 aromatic carbocycles. The van der Waals surface area contributed by atoms with Gasteiger partial charge in [0.25, 0.3) is 5.91 Å². The van der Waals surface area contributed by atoms with Gasteiger partial charge in [-0.3, -0.25) is 9.59 Å². The van der Waals surface area contributed by atoms with Crippen molar-refractivity contribution in [3.63, 3.8) is 0 Å². The zero-order valence-electron chi connectivity index (χ0n) is 19.9. The highest BCUT2D eigenvalue weighted by Crippen LogP contribution is 2.19. The number of hydrogen-bond acceptors (Lipinski definition) is 4. The Balaban J connectivity index is 2.19. The summed E-state index contributed by atoms with van der Waals surface area (Å²) < 4.78 is 11.0. The lowest BCUT2D eigenvalue weighted by molar-refractivity contribution is -0.143. The first-order valence-electron chi connectivity index (χ1n) is 11.3. The number of benzene rings is 2. The van der Waals surface area contributed by atoms with Crippen molar-refractivity contribution in [3.05, 3.63) is 59.2 Å². The van der Waals surface area contributed by atoms with E-state index in [4.69, 9.17) is 9.47 Å². The number of amides is 2. The topological polar surface area (TPSA) is 67.9 Å². The number of methoxy groups -OCH3 is 1. The maximum Gasteiger partial charge on any atom is 0.261 e. The highest BCUT2D eigenvalue weighted by atomic mass is 16.5. The first kappa shape index (κ1) is 25.2. The fraction of sp³-hybridized carbons (Fsp3) is 0.462. The summed E-state index contributed by atoms with van der Waals surface area (Å²) in [5.41, 5.74) is 3.07. The monoisotopic (exact) mass is 440 g/mol. The van der Waals surface area contributed by atoms with E-state index in [1.165, 1.54) is 0 Å².